The van der Waals surface area contributed by atoms with Crippen LogP contribution in [0.3, 0.4) is 0 Å². The maximum atomic E-state index is 11.7. The highest BCUT2D eigenvalue weighted by atomic mass is 35.5. The molecule has 0 atom stereocenters. The van der Waals surface area contributed by atoms with Crippen LogP contribution in [0.1, 0.15) is 19.8 Å². The fourth-order valence-corrected chi connectivity index (χ4v) is 2.60. The first kappa shape index (κ1) is 19.1. The monoisotopic (exact) mass is 347 g/mol. The van der Waals surface area contributed by atoms with Crippen molar-refractivity contribution in [1.29, 1.82) is 0 Å². The molecule has 0 unspecified atom stereocenters. The average Bonchev–Trinajstić information content (AvgIpc) is 2.50. The highest BCUT2D eigenvalue weighted by Crippen LogP contribution is 2.19. The number of halogens is 2. The summed E-state index contributed by atoms with van der Waals surface area (Å²) < 4.78 is 10.8. The number of ether oxygens (including phenoxy) is 2. The number of carbonyl (C=O) groups is 1. The molecule has 0 saturated carbocycles. The largest absolute Gasteiger partial charge is 0.492 e. The van der Waals surface area contributed by atoms with Gasteiger partial charge in [-0.25, -0.2) is 0 Å². The van der Waals surface area contributed by atoms with E-state index in [1.807, 2.05) is 31.2 Å². The molecule has 1 aliphatic rings. The lowest BCUT2D eigenvalue weighted by molar-refractivity contribution is -0.149. The first-order valence-electron chi connectivity index (χ1n) is 7.46. The number of hydrogen-bond donors (Lipinski definition) is 0. The van der Waals surface area contributed by atoms with Gasteiger partial charge < -0.3 is 9.47 Å². The maximum absolute atomic E-state index is 11.7. The van der Waals surface area contributed by atoms with Crippen molar-refractivity contribution in [1.82, 2.24) is 4.90 Å². The van der Waals surface area contributed by atoms with Crippen LogP contribution in [-0.2, 0) is 9.53 Å². The zero-order valence-corrected chi connectivity index (χ0v) is 14.4. The zero-order chi connectivity index (χ0) is 15.1. The standard InChI is InChI=1S/C16H22ClNO3.ClH/c1-2-20-16(19)13-7-9-18(10-8-13)11-12-21-15-5-3-14(17)4-6-15;/h3-6,13H,2,7-12H2,1H3;1H. The lowest BCUT2D eigenvalue weighted by Gasteiger charge is -2.30. The molecule has 0 aromatic heterocycles. The molecule has 0 N–H and O–H groups in total. The van der Waals surface area contributed by atoms with E-state index in [4.69, 9.17) is 21.1 Å². The summed E-state index contributed by atoms with van der Waals surface area (Å²) >= 11 is 5.83. The molecular formula is C16H23Cl2NO3. The zero-order valence-electron chi connectivity index (χ0n) is 12.8. The van der Waals surface area contributed by atoms with E-state index < -0.39 is 0 Å². The number of esters is 1. The van der Waals surface area contributed by atoms with Gasteiger partial charge in [-0.05, 0) is 57.1 Å². The van der Waals surface area contributed by atoms with Crippen LogP contribution < -0.4 is 4.74 Å². The number of benzene rings is 1. The van der Waals surface area contributed by atoms with Crippen LogP contribution in [0.25, 0.3) is 0 Å². The van der Waals surface area contributed by atoms with E-state index in [2.05, 4.69) is 4.90 Å². The molecule has 1 aliphatic heterocycles. The van der Waals surface area contributed by atoms with E-state index >= 15 is 0 Å². The van der Waals surface area contributed by atoms with Gasteiger partial charge in [-0.2, -0.15) is 0 Å². The molecule has 0 amide bonds. The van der Waals surface area contributed by atoms with E-state index in [-0.39, 0.29) is 24.3 Å². The fourth-order valence-electron chi connectivity index (χ4n) is 2.48. The van der Waals surface area contributed by atoms with Crippen LogP contribution in [0.5, 0.6) is 5.75 Å². The van der Waals surface area contributed by atoms with E-state index in [1.54, 1.807) is 0 Å². The Kier molecular flexibility index (Phi) is 8.61. The van der Waals surface area contributed by atoms with E-state index in [1.165, 1.54) is 0 Å². The summed E-state index contributed by atoms with van der Waals surface area (Å²) in [5, 5.41) is 0.711. The van der Waals surface area contributed by atoms with E-state index in [9.17, 15) is 4.79 Å². The summed E-state index contributed by atoms with van der Waals surface area (Å²) in [4.78, 5) is 14.0. The second-order valence-corrected chi connectivity index (χ2v) is 5.61. The third-order valence-electron chi connectivity index (χ3n) is 3.70. The highest BCUT2D eigenvalue weighted by Gasteiger charge is 2.25. The van der Waals surface area contributed by atoms with Crippen molar-refractivity contribution >= 4 is 30.0 Å². The Bertz CT molecular complexity index is 445. The predicted molar refractivity (Wildman–Crippen MR) is 90.0 cm³/mol. The normalized spacial score (nSPS) is 15.9. The Morgan fingerprint density at radius 3 is 2.50 bits per heavy atom. The second-order valence-electron chi connectivity index (χ2n) is 5.17. The predicted octanol–water partition coefficient (Wildman–Crippen LogP) is 3.42. The van der Waals surface area contributed by atoms with Crippen LogP contribution >= 0.6 is 24.0 Å². The Morgan fingerprint density at radius 2 is 1.91 bits per heavy atom. The van der Waals surface area contributed by atoms with Gasteiger partial charge >= 0.3 is 5.97 Å². The number of rotatable bonds is 6. The van der Waals surface area contributed by atoms with Crippen LogP contribution in [0, 0.1) is 5.92 Å². The Hall–Kier alpha value is -0.970. The van der Waals surface area contributed by atoms with Gasteiger partial charge in [0.05, 0.1) is 12.5 Å². The van der Waals surface area contributed by atoms with Crippen molar-refractivity contribution < 1.29 is 14.3 Å². The highest BCUT2D eigenvalue weighted by molar-refractivity contribution is 6.30. The molecule has 4 nitrogen and oxygen atoms in total. The van der Waals surface area contributed by atoms with Gasteiger partial charge in [-0.1, -0.05) is 11.6 Å². The first-order chi connectivity index (χ1) is 10.2. The molecule has 6 heteroatoms. The van der Waals surface area contributed by atoms with Crippen molar-refractivity contribution in [2.45, 2.75) is 19.8 Å². The number of nitrogens with zero attached hydrogens (tertiary/aromatic N) is 1. The molecule has 1 heterocycles. The summed E-state index contributed by atoms with van der Waals surface area (Å²) in [6.45, 7) is 5.68. The van der Waals surface area contributed by atoms with Crippen molar-refractivity contribution in [2.75, 3.05) is 32.8 Å². The topological polar surface area (TPSA) is 38.8 Å². The summed E-state index contributed by atoms with van der Waals surface area (Å²) in [7, 11) is 0. The van der Waals surface area contributed by atoms with Crippen LogP contribution in [-0.4, -0.2) is 43.7 Å². The minimum Gasteiger partial charge on any atom is -0.492 e. The summed E-state index contributed by atoms with van der Waals surface area (Å²) in [5.74, 6) is 0.855. The molecule has 0 radical (unpaired) electrons. The smallest absolute Gasteiger partial charge is 0.309 e. The third-order valence-corrected chi connectivity index (χ3v) is 3.95. The Morgan fingerprint density at radius 1 is 1.27 bits per heavy atom. The molecule has 1 aromatic rings. The molecule has 0 spiro atoms. The summed E-state index contributed by atoms with van der Waals surface area (Å²) in [5.41, 5.74) is 0. The molecule has 0 bridgehead atoms. The summed E-state index contributed by atoms with van der Waals surface area (Å²) in [6.07, 6.45) is 1.75. The molecule has 1 aromatic carbocycles. The van der Waals surface area contributed by atoms with Crippen LogP contribution in [0.15, 0.2) is 24.3 Å². The molecule has 1 fully saturated rings. The molecular weight excluding hydrogens is 325 g/mol. The minimum absolute atomic E-state index is 0. The number of piperidine rings is 1. The van der Waals surface area contributed by atoms with Crippen molar-refractivity contribution in [3.63, 3.8) is 0 Å². The maximum Gasteiger partial charge on any atom is 0.309 e. The van der Waals surface area contributed by atoms with Gasteiger partial charge in [0.15, 0.2) is 0 Å². The molecule has 1 saturated heterocycles. The minimum atomic E-state index is -0.0467. The summed E-state index contributed by atoms with van der Waals surface area (Å²) in [6, 6.07) is 7.38. The lowest BCUT2D eigenvalue weighted by atomic mass is 9.97. The van der Waals surface area contributed by atoms with Gasteiger partial charge in [0.1, 0.15) is 12.4 Å². The van der Waals surface area contributed by atoms with Gasteiger partial charge in [0, 0.05) is 11.6 Å². The van der Waals surface area contributed by atoms with E-state index in [0.717, 1.165) is 38.2 Å². The van der Waals surface area contributed by atoms with Crippen LogP contribution in [0.4, 0.5) is 0 Å². The number of likely N-dealkylation sites (tertiary alicyclic amines) is 1. The quantitative estimate of drug-likeness (QED) is 0.739. The van der Waals surface area contributed by atoms with Gasteiger partial charge in [-0.3, -0.25) is 9.69 Å². The van der Waals surface area contributed by atoms with Crippen molar-refractivity contribution in [3.05, 3.63) is 29.3 Å². The van der Waals surface area contributed by atoms with Crippen molar-refractivity contribution in [3.8, 4) is 5.75 Å². The van der Waals surface area contributed by atoms with Crippen molar-refractivity contribution in [2.24, 2.45) is 5.92 Å². The lowest BCUT2D eigenvalue weighted by Crippen LogP contribution is -2.39. The van der Waals surface area contributed by atoms with Gasteiger partial charge in [0.2, 0.25) is 0 Å². The van der Waals surface area contributed by atoms with E-state index in [0.29, 0.717) is 18.2 Å². The van der Waals surface area contributed by atoms with Crippen LogP contribution in [0.2, 0.25) is 5.02 Å². The SMILES string of the molecule is CCOC(=O)C1CCN(CCOc2ccc(Cl)cc2)CC1.Cl. The third kappa shape index (κ3) is 6.03. The number of carbonyl (C=O) groups excluding carboxylic acids is 1. The Labute approximate surface area is 143 Å². The first-order valence-corrected chi connectivity index (χ1v) is 7.84. The molecule has 124 valence electrons. The molecule has 0 aliphatic carbocycles. The fraction of sp³-hybridized carbons (Fsp3) is 0.562. The molecule has 2 rings (SSSR count). The molecule has 22 heavy (non-hydrogen) atoms. The van der Waals surface area contributed by atoms with Gasteiger partial charge in [0.25, 0.3) is 0 Å². The average molecular weight is 348 g/mol. The van der Waals surface area contributed by atoms with Gasteiger partial charge in [-0.15, -0.1) is 12.4 Å². The second kappa shape index (κ2) is 9.93. The Balaban J connectivity index is 0.00000242. The number of hydrogen-bond acceptors (Lipinski definition) is 4.